The van der Waals surface area contributed by atoms with E-state index in [1.54, 1.807) is 13.3 Å². The minimum atomic E-state index is 0.0548. The van der Waals surface area contributed by atoms with Crippen LogP contribution in [0.3, 0.4) is 0 Å². The Bertz CT molecular complexity index is 470. The van der Waals surface area contributed by atoms with E-state index in [9.17, 15) is 4.79 Å². The van der Waals surface area contributed by atoms with E-state index in [2.05, 4.69) is 15.6 Å². The number of carbonyl (C=O) groups is 1. The quantitative estimate of drug-likeness (QED) is 0.806. The first kappa shape index (κ1) is 13.8. The fourth-order valence-electron chi connectivity index (χ4n) is 2.05. The maximum Gasteiger partial charge on any atom is 0.234 e. The first-order chi connectivity index (χ1) is 9.11. The Balaban J connectivity index is 1.86. The van der Waals surface area contributed by atoms with Gasteiger partial charge in [0, 0.05) is 29.9 Å². The molecule has 5 nitrogen and oxygen atoms in total. The normalized spacial score (nSPS) is 14.3. The number of ether oxygens (including phenoxy) is 1. The molecular weight excluding hydrogens is 242 g/mol. The Morgan fingerprint density at radius 2 is 2.21 bits per heavy atom. The second-order valence-electron chi connectivity index (χ2n) is 4.99. The van der Waals surface area contributed by atoms with E-state index < -0.39 is 0 Å². The average molecular weight is 263 g/mol. The van der Waals surface area contributed by atoms with Crippen LogP contribution in [0.2, 0.25) is 0 Å². The van der Waals surface area contributed by atoms with E-state index in [4.69, 9.17) is 4.74 Å². The highest BCUT2D eigenvalue weighted by Crippen LogP contribution is 2.23. The fourth-order valence-corrected chi connectivity index (χ4v) is 2.05. The highest BCUT2D eigenvalue weighted by molar-refractivity contribution is 5.78. The van der Waals surface area contributed by atoms with Crippen molar-refractivity contribution in [3.05, 3.63) is 23.0 Å². The third-order valence-corrected chi connectivity index (χ3v) is 3.27. The van der Waals surface area contributed by atoms with Crippen molar-refractivity contribution in [3.63, 3.8) is 0 Å². The van der Waals surface area contributed by atoms with Crippen LogP contribution in [-0.4, -0.2) is 30.6 Å². The second-order valence-corrected chi connectivity index (χ2v) is 4.99. The molecule has 1 heterocycles. The van der Waals surface area contributed by atoms with E-state index in [0.29, 0.717) is 19.1 Å². The van der Waals surface area contributed by atoms with Crippen LogP contribution in [0.1, 0.15) is 29.7 Å². The highest BCUT2D eigenvalue weighted by atomic mass is 16.5. The van der Waals surface area contributed by atoms with E-state index in [0.717, 1.165) is 35.4 Å². The molecule has 0 bridgehead atoms. The molecular formula is C14H21N3O2. The first-order valence-electron chi connectivity index (χ1n) is 6.61. The number of pyridine rings is 1. The molecule has 0 radical (unpaired) electrons. The van der Waals surface area contributed by atoms with Crippen molar-refractivity contribution in [2.75, 3.05) is 13.7 Å². The van der Waals surface area contributed by atoms with Gasteiger partial charge in [0.15, 0.2) is 0 Å². The lowest BCUT2D eigenvalue weighted by molar-refractivity contribution is -0.120. The van der Waals surface area contributed by atoms with Crippen molar-refractivity contribution in [3.8, 4) is 5.75 Å². The molecule has 19 heavy (non-hydrogen) atoms. The lowest BCUT2D eigenvalue weighted by atomic mass is 10.1. The van der Waals surface area contributed by atoms with Gasteiger partial charge in [-0.25, -0.2) is 0 Å². The predicted molar refractivity (Wildman–Crippen MR) is 73.1 cm³/mol. The van der Waals surface area contributed by atoms with Crippen molar-refractivity contribution in [2.24, 2.45) is 0 Å². The van der Waals surface area contributed by atoms with Crippen LogP contribution < -0.4 is 15.4 Å². The summed E-state index contributed by atoms with van der Waals surface area (Å²) < 4.78 is 5.36. The minimum absolute atomic E-state index is 0.0548. The molecule has 2 rings (SSSR count). The number of aromatic nitrogens is 1. The summed E-state index contributed by atoms with van der Waals surface area (Å²) in [6, 6.07) is 0.411. The number of carbonyl (C=O) groups excluding carboxylic acids is 1. The SMILES string of the molecule is COc1c(C)cnc(CNCC(=O)NC2CC2)c1C. The van der Waals surface area contributed by atoms with Gasteiger partial charge in [0.1, 0.15) is 5.75 Å². The molecule has 1 aliphatic rings. The maximum absolute atomic E-state index is 11.5. The molecule has 0 unspecified atom stereocenters. The summed E-state index contributed by atoms with van der Waals surface area (Å²) in [4.78, 5) is 15.9. The van der Waals surface area contributed by atoms with Gasteiger partial charge in [0.05, 0.1) is 19.3 Å². The van der Waals surface area contributed by atoms with Crippen LogP contribution in [0, 0.1) is 13.8 Å². The molecule has 0 aromatic carbocycles. The molecule has 0 spiro atoms. The van der Waals surface area contributed by atoms with Crippen LogP contribution in [0.15, 0.2) is 6.20 Å². The largest absolute Gasteiger partial charge is 0.496 e. The zero-order chi connectivity index (χ0) is 13.8. The average Bonchev–Trinajstić information content (AvgIpc) is 3.16. The minimum Gasteiger partial charge on any atom is -0.496 e. The lowest BCUT2D eigenvalue weighted by Crippen LogP contribution is -2.35. The molecule has 1 aliphatic carbocycles. The van der Waals surface area contributed by atoms with Crippen LogP contribution >= 0.6 is 0 Å². The standard InChI is InChI=1S/C14H21N3O2/c1-9-6-16-12(10(2)14(9)19-3)7-15-8-13(18)17-11-4-5-11/h6,11,15H,4-5,7-8H2,1-3H3,(H,17,18). The van der Waals surface area contributed by atoms with Gasteiger partial charge in [-0.15, -0.1) is 0 Å². The topological polar surface area (TPSA) is 63.2 Å². The van der Waals surface area contributed by atoms with Crippen molar-refractivity contribution in [2.45, 2.75) is 39.3 Å². The molecule has 0 aliphatic heterocycles. The van der Waals surface area contributed by atoms with E-state index >= 15 is 0 Å². The predicted octanol–water partition coefficient (Wildman–Crippen LogP) is 1.08. The van der Waals surface area contributed by atoms with Crippen LogP contribution in [-0.2, 0) is 11.3 Å². The third-order valence-electron chi connectivity index (χ3n) is 3.27. The highest BCUT2D eigenvalue weighted by Gasteiger charge is 2.22. The molecule has 1 saturated carbocycles. The Morgan fingerprint density at radius 1 is 1.47 bits per heavy atom. The molecule has 1 fully saturated rings. The first-order valence-corrected chi connectivity index (χ1v) is 6.61. The molecule has 2 N–H and O–H groups in total. The molecule has 1 amide bonds. The van der Waals surface area contributed by atoms with Gasteiger partial charge in [-0.2, -0.15) is 0 Å². The maximum atomic E-state index is 11.5. The Morgan fingerprint density at radius 3 is 2.84 bits per heavy atom. The zero-order valence-electron chi connectivity index (χ0n) is 11.7. The molecule has 104 valence electrons. The molecule has 0 atom stereocenters. The molecule has 1 aromatic rings. The number of nitrogens with zero attached hydrogens (tertiary/aromatic N) is 1. The van der Waals surface area contributed by atoms with Gasteiger partial charge in [0.2, 0.25) is 5.91 Å². The van der Waals surface area contributed by atoms with Crippen molar-refractivity contribution < 1.29 is 9.53 Å². The van der Waals surface area contributed by atoms with Gasteiger partial charge in [-0.05, 0) is 26.7 Å². The van der Waals surface area contributed by atoms with Gasteiger partial charge in [-0.1, -0.05) is 0 Å². The third kappa shape index (κ3) is 3.67. The van der Waals surface area contributed by atoms with Crippen molar-refractivity contribution in [1.29, 1.82) is 0 Å². The second kappa shape index (κ2) is 6.02. The molecule has 0 saturated heterocycles. The number of hydrogen-bond acceptors (Lipinski definition) is 4. The number of rotatable bonds is 6. The summed E-state index contributed by atoms with van der Waals surface area (Å²) in [7, 11) is 1.66. The van der Waals surface area contributed by atoms with Crippen LogP contribution in [0.4, 0.5) is 0 Å². The Labute approximate surface area is 113 Å². The van der Waals surface area contributed by atoms with Crippen LogP contribution in [0.5, 0.6) is 5.75 Å². The van der Waals surface area contributed by atoms with Gasteiger partial charge < -0.3 is 15.4 Å². The number of nitrogens with one attached hydrogen (secondary N) is 2. The summed E-state index contributed by atoms with van der Waals surface area (Å²) in [5, 5.41) is 6.06. The van der Waals surface area contributed by atoms with E-state index in [-0.39, 0.29) is 5.91 Å². The van der Waals surface area contributed by atoms with Crippen LogP contribution in [0.25, 0.3) is 0 Å². The molecule has 1 aromatic heterocycles. The lowest BCUT2D eigenvalue weighted by Gasteiger charge is -2.12. The zero-order valence-corrected chi connectivity index (χ0v) is 11.7. The number of aryl methyl sites for hydroxylation is 1. The van der Waals surface area contributed by atoms with Gasteiger partial charge in [-0.3, -0.25) is 9.78 Å². The number of hydrogen-bond donors (Lipinski definition) is 2. The van der Waals surface area contributed by atoms with E-state index in [1.165, 1.54) is 0 Å². The van der Waals surface area contributed by atoms with Crippen molar-refractivity contribution >= 4 is 5.91 Å². The van der Waals surface area contributed by atoms with Gasteiger partial charge >= 0.3 is 0 Å². The fraction of sp³-hybridized carbons (Fsp3) is 0.571. The summed E-state index contributed by atoms with van der Waals surface area (Å²) in [6.07, 6.45) is 4.02. The monoisotopic (exact) mass is 263 g/mol. The number of methoxy groups -OCH3 is 1. The Kier molecular flexibility index (Phi) is 4.37. The Hall–Kier alpha value is -1.62. The van der Waals surface area contributed by atoms with Gasteiger partial charge in [0.25, 0.3) is 0 Å². The smallest absolute Gasteiger partial charge is 0.234 e. The summed E-state index contributed by atoms with van der Waals surface area (Å²) in [6.45, 7) is 4.85. The van der Waals surface area contributed by atoms with E-state index in [1.807, 2.05) is 13.8 Å². The molecule has 5 heteroatoms. The van der Waals surface area contributed by atoms with Crippen molar-refractivity contribution in [1.82, 2.24) is 15.6 Å². The summed E-state index contributed by atoms with van der Waals surface area (Å²) >= 11 is 0. The summed E-state index contributed by atoms with van der Waals surface area (Å²) in [5.74, 6) is 0.925. The summed E-state index contributed by atoms with van der Waals surface area (Å²) in [5.41, 5.74) is 2.97. The number of amides is 1.